The summed E-state index contributed by atoms with van der Waals surface area (Å²) in [5.74, 6) is 0.974. The minimum atomic E-state index is -0.207. The first-order chi connectivity index (χ1) is 9.60. The fraction of sp³-hybridized carbons (Fsp3) is 0.267. The first kappa shape index (κ1) is 14.7. The third-order valence-electron chi connectivity index (χ3n) is 2.96. The number of hydrogen-bond donors (Lipinski definition) is 1. The molecule has 0 fully saturated rings. The Hall–Kier alpha value is -1.75. The number of furan rings is 1. The van der Waals surface area contributed by atoms with Crippen molar-refractivity contribution in [2.75, 3.05) is 13.7 Å². The Balaban J connectivity index is 1.87. The number of benzene rings is 1. The zero-order valence-electron chi connectivity index (χ0n) is 11.4. The van der Waals surface area contributed by atoms with E-state index in [1.54, 1.807) is 19.2 Å². The van der Waals surface area contributed by atoms with E-state index in [9.17, 15) is 4.79 Å². The standard InChI is InChI=1S/C15H16BrNO3/c1-10-9-11(3-4-12(10)19-2)7-8-17-15(18)13-5-6-14(16)20-13/h3-6,9H,7-8H2,1-2H3,(H,17,18). The smallest absolute Gasteiger partial charge is 0.287 e. The molecule has 0 aliphatic rings. The number of nitrogens with one attached hydrogen (secondary N) is 1. The van der Waals surface area contributed by atoms with Gasteiger partial charge < -0.3 is 14.5 Å². The monoisotopic (exact) mass is 337 g/mol. The average molecular weight is 338 g/mol. The van der Waals surface area contributed by atoms with E-state index in [4.69, 9.17) is 9.15 Å². The number of carbonyl (C=O) groups excluding carboxylic acids is 1. The maximum atomic E-state index is 11.8. The molecule has 1 amide bonds. The second-order valence-corrected chi connectivity index (χ2v) is 5.20. The topological polar surface area (TPSA) is 51.5 Å². The molecule has 0 aliphatic heterocycles. The molecular formula is C15H16BrNO3. The number of ether oxygens (including phenoxy) is 1. The van der Waals surface area contributed by atoms with Crippen molar-refractivity contribution >= 4 is 21.8 Å². The van der Waals surface area contributed by atoms with Gasteiger partial charge in [0.2, 0.25) is 0 Å². The number of halogens is 1. The van der Waals surface area contributed by atoms with Gasteiger partial charge in [-0.25, -0.2) is 0 Å². The summed E-state index contributed by atoms with van der Waals surface area (Å²) >= 11 is 3.17. The number of rotatable bonds is 5. The predicted molar refractivity (Wildman–Crippen MR) is 80.2 cm³/mol. The van der Waals surface area contributed by atoms with E-state index in [2.05, 4.69) is 27.3 Å². The Morgan fingerprint density at radius 3 is 2.75 bits per heavy atom. The molecule has 20 heavy (non-hydrogen) atoms. The van der Waals surface area contributed by atoms with Crippen LogP contribution in [0.15, 0.2) is 39.4 Å². The summed E-state index contributed by atoms with van der Waals surface area (Å²) in [5, 5.41) is 2.82. The molecule has 4 nitrogen and oxygen atoms in total. The number of hydrogen-bond acceptors (Lipinski definition) is 3. The van der Waals surface area contributed by atoms with Crippen molar-refractivity contribution in [3.05, 3.63) is 51.9 Å². The van der Waals surface area contributed by atoms with Crippen LogP contribution < -0.4 is 10.1 Å². The van der Waals surface area contributed by atoms with Crippen LogP contribution in [0.25, 0.3) is 0 Å². The largest absolute Gasteiger partial charge is 0.496 e. The van der Waals surface area contributed by atoms with Gasteiger partial charge in [-0.3, -0.25) is 4.79 Å². The minimum Gasteiger partial charge on any atom is -0.496 e. The van der Waals surface area contributed by atoms with Crippen LogP contribution in [0.2, 0.25) is 0 Å². The molecule has 1 N–H and O–H groups in total. The van der Waals surface area contributed by atoms with Crippen molar-refractivity contribution in [1.82, 2.24) is 5.32 Å². The van der Waals surface area contributed by atoms with E-state index in [1.807, 2.05) is 19.1 Å². The predicted octanol–water partition coefficient (Wildman–Crippen LogP) is 3.33. The van der Waals surface area contributed by atoms with Crippen LogP contribution in [-0.4, -0.2) is 19.6 Å². The third kappa shape index (κ3) is 3.63. The van der Waals surface area contributed by atoms with E-state index in [-0.39, 0.29) is 5.91 Å². The van der Waals surface area contributed by atoms with Crippen molar-refractivity contribution in [2.45, 2.75) is 13.3 Å². The molecular weight excluding hydrogens is 322 g/mol. The van der Waals surface area contributed by atoms with Crippen LogP contribution in [0.1, 0.15) is 21.7 Å². The van der Waals surface area contributed by atoms with Gasteiger partial charge in [-0.05, 0) is 58.6 Å². The highest BCUT2D eigenvalue weighted by Gasteiger charge is 2.09. The van der Waals surface area contributed by atoms with E-state index >= 15 is 0 Å². The van der Waals surface area contributed by atoms with E-state index in [1.165, 1.54) is 0 Å². The highest BCUT2D eigenvalue weighted by Crippen LogP contribution is 2.18. The molecule has 2 rings (SSSR count). The molecule has 0 unspecified atom stereocenters. The first-order valence-corrected chi connectivity index (χ1v) is 7.06. The first-order valence-electron chi connectivity index (χ1n) is 6.27. The fourth-order valence-corrected chi connectivity index (χ4v) is 2.25. The summed E-state index contributed by atoms with van der Waals surface area (Å²) in [6, 6.07) is 9.34. The Morgan fingerprint density at radius 1 is 1.35 bits per heavy atom. The average Bonchev–Trinajstić information content (AvgIpc) is 2.85. The zero-order chi connectivity index (χ0) is 14.5. The minimum absolute atomic E-state index is 0.207. The molecule has 0 radical (unpaired) electrons. The van der Waals surface area contributed by atoms with Gasteiger partial charge in [-0.2, -0.15) is 0 Å². The van der Waals surface area contributed by atoms with E-state index < -0.39 is 0 Å². The van der Waals surface area contributed by atoms with Gasteiger partial charge in [0.25, 0.3) is 5.91 Å². The quantitative estimate of drug-likeness (QED) is 0.910. The summed E-state index contributed by atoms with van der Waals surface area (Å²) in [6.45, 7) is 2.56. The van der Waals surface area contributed by atoms with Crippen molar-refractivity contribution < 1.29 is 13.9 Å². The molecule has 0 atom stereocenters. The SMILES string of the molecule is COc1ccc(CCNC(=O)c2ccc(Br)o2)cc1C. The van der Waals surface area contributed by atoms with Gasteiger partial charge in [-0.1, -0.05) is 12.1 Å². The molecule has 1 aromatic heterocycles. The Bertz CT molecular complexity index is 607. The van der Waals surface area contributed by atoms with Gasteiger partial charge in [0.15, 0.2) is 10.4 Å². The normalized spacial score (nSPS) is 10.3. The van der Waals surface area contributed by atoms with Crippen molar-refractivity contribution in [1.29, 1.82) is 0 Å². The second-order valence-electron chi connectivity index (χ2n) is 4.41. The van der Waals surface area contributed by atoms with Gasteiger partial charge >= 0.3 is 0 Å². The molecule has 1 heterocycles. The molecule has 106 valence electrons. The fourth-order valence-electron chi connectivity index (χ4n) is 1.94. The zero-order valence-corrected chi connectivity index (χ0v) is 13.0. The van der Waals surface area contributed by atoms with Gasteiger partial charge in [0, 0.05) is 6.54 Å². The van der Waals surface area contributed by atoms with Crippen LogP contribution >= 0.6 is 15.9 Å². The Kier molecular flexibility index (Phi) is 4.84. The van der Waals surface area contributed by atoms with Crippen molar-refractivity contribution in [3.8, 4) is 5.75 Å². The highest BCUT2D eigenvalue weighted by atomic mass is 79.9. The van der Waals surface area contributed by atoms with Crippen molar-refractivity contribution in [3.63, 3.8) is 0 Å². The van der Waals surface area contributed by atoms with E-state index in [0.29, 0.717) is 17.0 Å². The third-order valence-corrected chi connectivity index (χ3v) is 3.38. The number of methoxy groups -OCH3 is 1. The summed E-state index contributed by atoms with van der Waals surface area (Å²) in [6.07, 6.45) is 0.762. The lowest BCUT2D eigenvalue weighted by Crippen LogP contribution is -2.25. The van der Waals surface area contributed by atoms with Crippen LogP contribution in [-0.2, 0) is 6.42 Å². The molecule has 0 spiro atoms. The number of aryl methyl sites for hydroxylation is 1. The Morgan fingerprint density at radius 2 is 2.15 bits per heavy atom. The van der Waals surface area contributed by atoms with Crippen molar-refractivity contribution in [2.24, 2.45) is 0 Å². The molecule has 0 bridgehead atoms. The lowest BCUT2D eigenvalue weighted by molar-refractivity contribution is 0.0925. The molecule has 1 aromatic carbocycles. The van der Waals surface area contributed by atoms with E-state index in [0.717, 1.165) is 23.3 Å². The summed E-state index contributed by atoms with van der Waals surface area (Å²) in [7, 11) is 1.66. The summed E-state index contributed by atoms with van der Waals surface area (Å²) in [5.41, 5.74) is 2.25. The van der Waals surface area contributed by atoms with Gasteiger partial charge in [-0.15, -0.1) is 0 Å². The number of carbonyl (C=O) groups is 1. The number of amides is 1. The molecule has 5 heteroatoms. The Labute approximate surface area is 126 Å². The van der Waals surface area contributed by atoms with Crippen LogP contribution in [0.4, 0.5) is 0 Å². The summed E-state index contributed by atoms with van der Waals surface area (Å²) < 4.78 is 11.0. The van der Waals surface area contributed by atoms with Gasteiger partial charge in [0.1, 0.15) is 5.75 Å². The molecule has 0 aliphatic carbocycles. The van der Waals surface area contributed by atoms with Crippen LogP contribution in [0, 0.1) is 6.92 Å². The lowest BCUT2D eigenvalue weighted by atomic mass is 10.1. The highest BCUT2D eigenvalue weighted by molar-refractivity contribution is 9.10. The van der Waals surface area contributed by atoms with Crippen LogP contribution in [0.5, 0.6) is 5.75 Å². The maximum Gasteiger partial charge on any atom is 0.287 e. The second kappa shape index (κ2) is 6.61. The molecule has 0 saturated heterocycles. The van der Waals surface area contributed by atoms with Gasteiger partial charge in [0.05, 0.1) is 7.11 Å². The maximum absolute atomic E-state index is 11.8. The summed E-state index contributed by atoms with van der Waals surface area (Å²) in [4.78, 5) is 11.8. The van der Waals surface area contributed by atoms with Crippen LogP contribution in [0.3, 0.4) is 0 Å². The molecule has 2 aromatic rings. The lowest BCUT2D eigenvalue weighted by Gasteiger charge is -2.08. The molecule has 0 saturated carbocycles.